The fourth-order valence-electron chi connectivity index (χ4n) is 2.30. The van der Waals surface area contributed by atoms with Crippen molar-refractivity contribution in [3.05, 3.63) is 29.3 Å². The van der Waals surface area contributed by atoms with Gasteiger partial charge in [-0.05, 0) is 56.0 Å². The van der Waals surface area contributed by atoms with Crippen LogP contribution in [-0.4, -0.2) is 29.5 Å². The maximum Gasteiger partial charge on any atom is 0.0624 e. The molecule has 0 aromatic heterocycles. The van der Waals surface area contributed by atoms with Gasteiger partial charge in [0.1, 0.15) is 0 Å². The molecule has 0 heterocycles. The molecule has 1 fully saturated rings. The van der Waals surface area contributed by atoms with Crippen LogP contribution >= 0.6 is 23.4 Å². The van der Waals surface area contributed by atoms with Gasteiger partial charge in [0.25, 0.3) is 0 Å². The molecule has 1 aromatic rings. The molecule has 2 rings (SSSR count). The summed E-state index contributed by atoms with van der Waals surface area (Å²) in [7, 11) is 0. The highest BCUT2D eigenvalue weighted by Crippen LogP contribution is 2.42. The normalized spacial score (nSPS) is 18.3. The highest BCUT2D eigenvalue weighted by atomic mass is 35.5. The van der Waals surface area contributed by atoms with Crippen molar-refractivity contribution < 1.29 is 5.11 Å². The summed E-state index contributed by atoms with van der Waals surface area (Å²) in [5, 5.41) is 14.2. The summed E-state index contributed by atoms with van der Waals surface area (Å²) in [5.41, 5.74) is -0.111. The van der Waals surface area contributed by atoms with E-state index in [0.29, 0.717) is 5.92 Å². The van der Waals surface area contributed by atoms with Crippen LogP contribution in [-0.2, 0) is 0 Å². The lowest BCUT2D eigenvalue weighted by molar-refractivity contribution is 0.159. The number of hydrogen-bond donors (Lipinski definition) is 2. The molecule has 0 aliphatic heterocycles. The van der Waals surface area contributed by atoms with Crippen molar-refractivity contribution in [1.29, 1.82) is 0 Å². The van der Waals surface area contributed by atoms with Gasteiger partial charge in [0, 0.05) is 15.7 Å². The van der Waals surface area contributed by atoms with Gasteiger partial charge in [-0.1, -0.05) is 18.5 Å². The zero-order valence-electron chi connectivity index (χ0n) is 11.4. The van der Waals surface area contributed by atoms with E-state index < -0.39 is 0 Å². The summed E-state index contributed by atoms with van der Waals surface area (Å²) in [5.74, 6) is 1.54. The molecule has 4 heteroatoms. The number of halogens is 1. The van der Waals surface area contributed by atoms with Crippen molar-refractivity contribution >= 4 is 23.4 Å². The van der Waals surface area contributed by atoms with Crippen LogP contribution in [0, 0.1) is 5.92 Å². The van der Waals surface area contributed by atoms with Gasteiger partial charge in [-0.25, -0.2) is 0 Å². The standard InChI is InChI=1S/C15H22ClNOS/c1-2-9-17-15(10-18,12-3-4-12)11-19-14-7-5-13(16)6-8-14/h5-8,12,17-18H,2-4,9-11H2,1H3. The number of rotatable bonds is 8. The maximum atomic E-state index is 9.84. The Bertz CT molecular complexity index is 394. The molecule has 1 unspecified atom stereocenters. The van der Waals surface area contributed by atoms with Crippen molar-refractivity contribution in [2.75, 3.05) is 18.9 Å². The minimum atomic E-state index is -0.111. The van der Waals surface area contributed by atoms with E-state index in [1.165, 1.54) is 17.7 Å². The van der Waals surface area contributed by atoms with Gasteiger partial charge in [-0.15, -0.1) is 11.8 Å². The van der Waals surface area contributed by atoms with Crippen molar-refractivity contribution in [2.45, 2.75) is 36.6 Å². The van der Waals surface area contributed by atoms with Crippen molar-refractivity contribution in [2.24, 2.45) is 5.92 Å². The third-order valence-corrected chi connectivity index (χ3v) is 5.20. The van der Waals surface area contributed by atoms with Gasteiger partial charge in [0.05, 0.1) is 12.1 Å². The summed E-state index contributed by atoms with van der Waals surface area (Å²) in [4.78, 5) is 1.21. The Hall–Kier alpha value is -0.220. The molecule has 2 nitrogen and oxygen atoms in total. The number of aliphatic hydroxyl groups is 1. The van der Waals surface area contributed by atoms with E-state index in [0.717, 1.165) is 23.7 Å². The van der Waals surface area contributed by atoms with Gasteiger partial charge in [0.15, 0.2) is 0 Å². The van der Waals surface area contributed by atoms with E-state index in [9.17, 15) is 5.11 Å². The molecule has 106 valence electrons. The smallest absolute Gasteiger partial charge is 0.0624 e. The fraction of sp³-hybridized carbons (Fsp3) is 0.600. The minimum absolute atomic E-state index is 0.111. The first kappa shape index (κ1) is 15.2. The molecule has 19 heavy (non-hydrogen) atoms. The lowest BCUT2D eigenvalue weighted by Crippen LogP contribution is -2.53. The second kappa shape index (κ2) is 6.98. The van der Waals surface area contributed by atoms with Crippen molar-refractivity contribution in [1.82, 2.24) is 5.32 Å². The second-order valence-corrected chi connectivity index (χ2v) is 6.74. The molecule has 0 bridgehead atoms. The quantitative estimate of drug-likeness (QED) is 0.720. The lowest BCUT2D eigenvalue weighted by atomic mass is 9.96. The van der Waals surface area contributed by atoms with E-state index in [1.807, 2.05) is 24.3 Å². The number of thioether (sulfide) groups is 1. The average Bonchev–Trinajstić information content (AvgIpc) is 3.26. The topological polar surface area (TPSA) is 32.3 Å². The van der Waals surface area contributed by atoms with Crippen molar-refractivity contribution in [3.63, 3.8) is 0 Å². The Balaban J connectivity index is 1.97. The van der Waals surface area contributed by atoms with Crippen LogP contribution in [0.3, 0.4) is 0 Å². The molecule has 1 saturated carbocycles. The van der Waals surface area contributed by atoms with E-state index in [1.54, 1.807) is 11.8 Å². The lowest BCUT2D eigenvalue weighted by Gasteiger charge is -2.33. The summed E-state index contributed by atoms with van der Waals surface area (Å²) >= 11 is 7.69. The van der Waals surface area contributed by atoms with Gasteiger partial charge >= 0.3 is 0 Å². The Kier molecular flexibility index (Phi) is 5.58. The molecule has 0 radical (unpaired) electrons. The van der Waals surface area contributed by atoms with E-state index >= 15 is 0 Å². The second-order valence-electron chi connectivity index (χ2n) is 5.26. The SMILES string of the molecule is CCCNC(CO)(CSc1ccc(Cl)cc1)C1CC1. The number of aliphatic hydroxyl groups excluding tert-OH is 1. The van der Waals surface area contributed by atoms with Crippen LogP contribution < -0.4 is 5.32 Å². The van der Waals surface area contributed by atoms with E-state index in [2.05, 4.69) is 12.2 Å². The van der Waals surface area contributed by atoms with Crippen LogP contribution in [0.15, 0.2) is 29.2 Å². The first-order valence-electron chi connectivity index (χ1n) is 6.94. The Morgan fingerprint density at radius 3 is 2.58 bits per heavy atom. The predicted octanol–water partition coefficient (Wildman–Crippen LogP) is 3.57. The maximum absolute atomic E-state index is 9.84. The molecular weight excluding hydrogens is 278 g/mol. The fourth-order valence-corrected chi connectivity index (χ4v) is 3.60. The van der Waals surface area contributed by atoms with Gasteiger partial charge in [-0.2, -0.15) is 0 Å². The van der Waals surface area contributed by atoms with Crippen LogP contribution in [0.25, 0.3) is 0 Å². The molecule has 1 atom stereocenters. The largest absolute Gasteiger partial charge is 0.394 e. The summed E-state index contributed by atoms with van der Waals surface area (Å²) in [6.45, 7) is 3.35. The van der Waals surface area contributed by atoms with Crippen LogP contribution in [0.5, 0.6) is 0 Å². The Labute approximate surface area is 124 Å². The third-order valence-electron chi connectivity index (χ3n) is 3.68. The molecule has 0 spiro atoms. The van der Waals surface area contributed by atoms with Gasteiger partial charge in [0.2, 0.25) is 0 Å². The number of hydrogen-bond acceptors (Lipinski definition) is 3. The molecule has 1 aliphatic carbocycles. The number of benzene rings is 1. The van der Waals surface area contributed by atoms with Gasteiger partial charge < -0.3 is 10.4 Å². The van der Waals surface area contributed by atoms with Crippen LogP contribution in [0.1, 0.15) is 26.2 Å². The molecule has 2 N–H and O–H groups in total. The average molecular weight is 300 g/mol. The van der Waals surface area contributed by atoms with E-state index in [4.69, 9.17) is 11.6 Å². The summed E-state index contributed by atoms with van der Waals surface area (Å²) < 4.78 is 0. The first-order chi connectivity index (χ1) is 9.20. The zero-order chi connectivity index (χ0) is 13.7. The highest BCUT2D eigenvalue weighted by Gasteiger charge is 2.44. The summed E-state index contributed by atoms with van der Waals surface area (Å²) in [6, 6.07) is 7.92. The first-order valence-corrected chi connectivity index (χ1v) is 8.31. The number of nitrogens with one attached hydrogen (secondary N) is 1. The predicted molar refractivity (Wildman–Crippen MR) is 83.0 cm³/mol. The van der Waals surface area contributed by atoms with Crippen LogP contribution in [0.2, 0.25) is 5.02 Å². The minimum Gasteiger partial charge on any atom is -0.394 e. The summed E-state index contributed by atoms with van der Waals surface area (Å²) in [6.07, 6.45) is 3.57. The monoisotopic (exact) mass is 299 g/mol. The zero-order valence-corrected chi connectivity index (χ0v) is 12.9. The van der Waals surface area contributed by atoms with Crippen molar-refractivity contribution in [3.8, 4) is 0 Å². The molecule has 1 aromatic carbocycles. The molecule has 0 saturated heterocycles. The molecular formula is C15H22ClNOS. The van der Waals surface area contributed by atoms with Gasteiger partial charge in [-0.3, -0.25) is 0 Å². The molecule has 1 aliphatic rings. The Morgan fingerprint density at radius 2 is 2.05 bits per heavy atom. The van der Waals surface area contributed by atoms with E-state index in [-0.39, 0.29) is 12.1 Å². The highest BCUT2D eigenvalue weighted by molar-refractivity contribution is 7.99. The Morgan fingerprint density at radius 1 is 1.37 bits per heavy atom. The van der Waals surface area contributed by atoms with Crippen LogP contribution in [0.4, 0.5) is 0 Å². The molecule has 0 amide bonds. The third kappa shape index (κ3) is 4.12.